The second-order valence-electron chi connectivity index (χ2n) is 5.35. The van der Waals surface area contributed by atoms with Gasteiger partial charge in [-0.05, 0) is 27.7 Å². The maximum atomic E-state index is 12.0. The van der Waals surface area contributed by atoms with Gasteiger partial charge in [0, 0.05) is 32.2 Å². The van der Waals surface area contributed by atoms with Gasteiger partial charge in [0.15, 0.2) is 0 Å². The molecule has 0 rings (SSSR count). The number of ether oxygens (including phenoxy) is 1. The predicted molar refractivity (Wildman–Crippen MR) is 71.0 cm³/mol. The van der Waals surface area contributed by atoms with E-state index in [1.807, 2.05) is 32.6 Å². The van der Waals surface area contributed by atoms with Crippen LogP contribution in [-0.4, -0.2) is 49.2 Å². The molecular formula is C13H25N3O2. The molecule has 1 N–H and O–H groups in total. The van der Waals surface area contributed by atoms with E-state index < -0.39 is 0 Å². The Hall–Kier alpha value is -1.12. The van der Waals surface area contributed by atoms with Gasteiger partial charge in [-0.25, -0.2) is 0 Å². The molecular weight excluding hydrogens is 230 g/mol. The normalized spacial score (nSPS) is 13.2. The molecule has 1 amide bonds. The van der Waals surface area contributed by atoms with Crippen molar-refractivity contribution in [3.05, 3.63) is 0 Å². The Morgan fingerprint density at radius 3 is 2.50 bits per heavy atom. The van der Waals surface area contributed by atoms with E-state index in [1.54, 1.807) is 7.11 Å². The van der Waals surface area contributed by atoms with Crippen molar-refractivity contribution in [3.8, 4) is 6.07 Å². The quantitative estimate of drug-likeness (QED) is 0.741. The number of nitriles is 1. The summed E-state index contributed by atoms with van der Waals surface area (Å²) in [5.74, 6) is -0.0171. The molecule has 18 heavy (non-hydrogen) atoms. The topological polar surface area (TPSA) is 65.4 Å². The number of nitrogens with one attached hydrogen (secondary N) is 1. The SMILES string of the molecule is COCCN(CCC#N)C(C)C(=O)NC(C)(C)C. The van der Waals surface area contributed by atoms with Crippen molar-refractivity contribution in [3.63, 3.8) is 0 Å². The van der Waals surface area contributed by atoms with Crippen LogP contribution in [0.5, 0.6) is 0 Å². The lowest BCUT2D eigenvalue weighted by atomic mass is 10.1. The van der Waals surface area contributed by atoms with E-state index in [9.17, 15) is 4.79 Å². The van der Waals surface area contributed by atoms with Crippen molar-refractivity contribution in [2.75, 3.05) is 26.8 Å². The maximum Gasteiger partial charge on any atom is 0.237 e. The molecule has 0 aliphatic rings. The number of hydrogen-bond donors (Lipinski definition) is 1. The highest BCUT2D eigenvalue weighted by Gasteiger charge is 2.24. The first-order valence-electron chi connectivity index (χ1n) is 6.23. The summed E-state index contributed by atoms with van der Waals surface area (Å²) in [5.41, 5.74) is -0.243. The average molecular weight is 255 g/mol. The van der Waals surface area contributed by atoms with Crippen LogP contribution >= 0.6 is 0 Å². The monoisotopic (exact) mass is 255 g/mol. The van der Waals surface area contributed by atoms with E-state index in [0.717, 1.165) is 0 Å². The number of nitrogens with zero attached hydrogens (tertiary/aromatic N) is 2. The fraction of sp³-hybridized carbons (Fsp3) is 0.846. The van der Waals surface area contributed by atoms with Gasteiger partial charge < -0.3 is 10.1 Å². The molecule has 0 heterocycles. The Labute approximate surface area is 110 Å². The largest absolute Gasteiger partial charge is 0.383 e. The van der Waals surface area contributed by atoms with E-state index >= 15 is 0 Å². The molecule has 0 aliphatic carbocycles. The van der Waals surface area contributed by atoms with Gasteiger partial charge in [0.1, 0.15) is 0 Å². The molecule has 0 aromatic rings. The van der Waals surface area contributed by atoms with Gasteiger partial charge in [0.2, 0.25) is 5.91 Å². The summed E-state index contributed by atoms with van der Waals surface area (Å²) in [7, 11) is 1.63. The molecule has 0 aliphatic heterocycles. The van der Waals surface area contributed by atoms with Crippen molar-refractivity contribution in [2.24, 2.45) is 0 Å². The lowest BCUT2D eigenvalue weighted by Gasteiger charge is -2.30. The molecule has 104 valence electrons. The molecule has 0 spiro atoms. The smallest absolute Gasteiger partial charge is 0.237 e. The molecule has 5 nitrogen and oxygen atoms in total. The van der Waals surface area contributed by atoms with Crippen LogP contribution in [0.3, 0.4) is 0 Å². The minimum atomic E-state index is -0.257. The lowest BCUT2D eigenvalue weighted by molar-refractivity contribution is -0.127. The number of amides is 1. The molecule has 0 aromatic carbocycles. The minimum absolute atomic E-state index is 0.0171. The van der Waals surface area contributed by atoms with Crippen LogP contribution in [0.25, 0.3) is 0 Å². The van der Waals surface area contributed by atoms with E-state index in [2.05, 4.69) is 11.4 Å². The second-order valence-corrected chi connectivity index (χ2v) is 5.35. The summed E-state index contributed by atoms with van der Waals surface area (Å²) in [4.78, 5) is 14.0. The predicted octanol–water partition coefficient (Wildman–Crippen LogP) is 1.15. The third-order valence-corrected chi connectivity index (χ3v) is 2.52. The van der Waals surface area contributed by atoms with Crippen molar-refractivity contribution in [2.45, 2.75) is 45.7 Å². The molecule has 1 unspecified atom stereocenters. The van der Waals surface area contributed by atoms with Gasteiger partial charge in [-0.2, -0.15) is 5.26 Å². The van der Waals surface area contributed by atoms with Crippen LogP contribution < -0.4 is 5.32 Å². The summed E-state index contributed by atoms with van der Waals surface area (Å²) in [5, 5.41) is 11.6. The van der Waals surface area contributed by atoms with Crippen molar-refractivity contribution in [1.29, 1.82) is 5.26 Å². The number of carbonyl (C=O) groups excluding carboxylic acids is 1. The molecule has 0 saturated carbocycles. The van der Waals surface area contributed by atoms with E-state index in [1.165, 1.54) is 0 Å². The molecule has 1 atom stereocenters. The van der Waals surface area contributed by atoms with Crippen LogP contribution in [0.1, 0.15) is 34.1 Å². The zero-order valence-corrected chi connectivity index (χ0v) is 12.1. The van der Waals surface area contributed by atoms with E-state index in [4.69, 9.17) is 10.00 Å². The first kappa shape index (κ1) is 16.9. The zero-order valence-electron chi connectivity index (χ0n) is 12.1. The number of methoxy groups -OCH3 is 1. The Balaban J connectivity index is 4.47. The summed E-state index contributed by atoms with van der Waals surface area (Å²) in [6.45, 7) is 9.49. The highest BCUT2D eigenvalue weighted by molar-refractivity contribution is 5.81. The van der Waals surface area contributed by atoms with Gasteiger partial charge >= 0.3 is 0 Å². The summed E-state index contributed by atoms with van der Waals surface area (Å²) in [6.07, 6.45) is 0.414. The highest BCUT2D eigenvalue weighted by Crippen LogP contribution is 2.05. The second kappa shape index (κ2) is 8.06. The zero-order chi connectivity index (χ0) is 14.2. The van der Waals surface area contributed by atoms with Gasteiger partial charge in [-0.15, -0.1) is 0 Å². The molecule has 0 saturated heterocycles. The van der Waals surface area contributed by atoms with E-state index in [-0.39, 0.29) is 17.5 Å². The third kappa shape index (κ3) is 7.25. The molecule has 0 aromatic heterocycles. The lowest BCUT2D eigenvalue weighted by Crippen LogP contribution is -2.51. The Bertz CT molecular complexity index is 292. The van der Waals surface area contributed by atoms with Crippen molar-refractivity contribution >= 4 is 5.91 Å². The Morgan fingerprint density at radius 1 is 1.44 bits per heavy atom. The number of hydrogen-bond acceptors (Lipinski definition) is 4. The molecule has 0 bridgehead atoms. The molecule has 0 fully saturated rings. The van der Waals surface area contributed by atoms with Crippen molar-refractivity contribution in [1.82, 2.24) is 10.2 Å². The van der Waals surface area contributed by atoms with E-state index in [0.29, 0.717) is 26.1 Å². The van der Waals surface area contributed by atoms with Gasteiger partial charge in [0.25, 0.3) is 0 Å². The van der Waals surface area contributed by atoms with Crippen LogP contribution in [0.2, 0.25) is 0 Å². The first-order chi connectivity index (χ1) is 8.31. The summed E-state index contributed by atoms with van der Waals surface area (Å²) in [6, 6.07) is 1.85. The summed E-state index contributed by atoms with van der Waals surface area (Å²) < 4.78 is 5.03. The van der Waals surface area contributed by atoms with Gasteiger partial charge in [-0.3, -0.25) is 9.69 Å². The number of rotatable bonds is 7. The van der Waals surface area contributed by atoms with Gasteiger partial charge in [0.05, 0.1) is 18.7 Å². The maximum absolute atomic E-state index is 12.0. The first-order valence-corrected chi connectivity index (χ1v) is 6.23. The Morgan fingerprint density at radius 2 is 2.06 bits per heavy atom. The van der Waals surface area contributed by atoms with Crippen LogP contribution in [0.15, 0.2) is 0 Å². The fourth-order valence-electron chi connectivity index (χ4n) is 1.54. The number of carbonyl (C=O) groups is 1. The van der Waals surface area contributed by atoms with Crippen LogP contribution in [0, 0.1) is 11.3 Å². The summed E-state index contributed by atoms with van der Waals surface area (Å²) >= 11 is 0. The molecule has 5 heteroatoms. The fourth-order valence-corrected chi connectivity index (χ4v) is 1.54. The third-order valence-electron chi connectivity index (χ3n) is 2.52. The Kier molecular flexibility index (Phi) is 7.56. The average Bonchev–Trinajstić information content (AvgIpc) is 2.26. The van der Waals surface area contributed by atoms with Crippen molar-refractivity contribution < 1.29 is 9.53 Å². The van der Waals surface area contributed by atoms with Crippen LogP contribution in [0.4, 0.5) is 0 Å². The highest BCUT2D eigenvalue weighted by atomic mass is 16.5. The molecule has 0 radical (unpaired) electrons. The standard InChI is InChI=1S/C13H25N3O2/c1-11(12(17)15-13(2,3)4)16(8-6-7-14)9-10-18-5/h11H,6,8-10H2,1-5H3,(H,15,17). The van der Waals surface area contributed by atoms with Gasteiger partial charge in [-0.1, -0.05) is 0 Å². The van der Waals surface area contributed by atoms with Crippen LogP contribution in [-0.2, 0) is 9.53 Å². The minimum Gasteiger partial charge on any atom is -0.383 e.